The van der Waals surface area contributed by atoms with E-state index in [0.29, 0.717) is 5.82 Å². The van der Waals surface area contributed by atoms with Gasteiger partial charge in [0, 0.05) is 32.3 Å². The number of aromatic amines is 1. The van der Waals surface area contributed by atoms with Crippen LogP contribution in [0.1, 0.15) is 19.8 Å². The van der Waals surface area contributed by atoms with Crippen LogP contribution in [0.15, 0.2) is 12.3 Å². The quantitative estimate of drug-likeness (QED) is 0.841. The SMILES string of the molecule is CC(=O)Nc1cc2[nH]nc(N3CCCC3)c2cn1. The largest absolute Gasteiger partial charge is 0.355 e. The lowest BCUT2D eigenvalue weighted by Gasteiger charge is -2.13. The van der Waals surface area contributed by atoms with Crippen LogP contribution < -0.4 is 10.2 Å². The van der Waals surface area contributed by atoms with Crippen LogP contribution in [-0.4, -0.2) is 34.2 Å². The van der Waals surface area contributed by atoms with Crippen molar-refractivity contribution in [1.82, 2.24) is 15.2 Å². The van der Waals surface area contributed by atoms with Crippen LogP contribution in [0.4, 0.5) is 11.6 Å². The molecule has 2 aromatic rings. The molecule has 94 valence electrons. The first kappa shape index (κ1) is 11.0. The molecule has 6 heteroatoms. The molecular weight excluding hydrogens is 230 g/mol. The maximum absolute atomic E-state index is 11.0. The van der Waals surface area contributed by atoms with Crippen molar-refractivity contribution < 1.29 is 4.79 Å². The fourth-order valence-electron chi connectivity index (χ4n) is 2.32. The van der Waals surface area contributed by atoms with Crippen LogP contribution in [0.5, 0.6) is 0 Å². The minimum absolute atomic E-state index is 0.124. The minimum atomic E-state index is -0.124. The number of hydrogen-bond donors (Lipinski definition) is 2. The lowest BCUT2D eigenvalue weighted by Crippen LogP contribution is -2.18. The summed E-state index contributed by atoms with van der Waals surface area (Å²) in [5.41, 5.74) is 0.899. The number of H-pyrrole nitrogens is 1. The molecule has 0 aliphatic carbocycles. The van der Waals surface area contributed by atoms with E-state index in [1.165, 1.54) is 19.8 Å². The standard InChI is InChI=1S/C12H15N5O/c1-8(18)14-11-6-10-9(7-13-11)12(16-15-10)17-4-2-3-5-17/h6-7H,2-5H2,1H3,(H,15,16)(H,13,14,18). The number of nitrogens with one attached hydrogen (secondary N) is 2. The Hall–Kier alpha value is -2.11. The normalized spacial score (nSPS) is 15.3. The highest BCUT2D eigenvalue weighted by Crippen LogP contribution is 2.27. The van der Waals surface area contributed by atoms with Gasteiger partial charge in [0.2, 0.25) is 5.91 Å². The maximum atomic E-state index is 11.0. The molecule has 3 heterocycles. The van der Waals surface area contributed by atoms with Gasteiger partial charge in [0.15, 0.2) is 5.82 Å². The summed E-state index contributed by atoms with van der Waals surface area (Å²) in [6.07, 6.45) is 4.19. The molecule has 0 saturated carbocycles. The van der Waals surface area contributed by atoms with Crippen molar-refractivity contribution in [3.8, 4) is 0 Å². The Balaban J connectivity index is 1.96. The van der Waals surface area contributed by atoms with E-state index in [0.717, 1.165) is 29.8 Å². The molecule has 0 atom stereocenters. The van der Waals surface area contributed by atoms with Gasteiger partial charge in [0.05, 0.1) is 10.9 Å². The van der Waals surface area contributed by atoms with Crippen molar-refractivity contribution in [2.24, 2.45) is 0 Å². The number of carbonyl (C=O) groups is 1. The van der Waals surface area contributed by atoms with Gasteiger partial charge in [-0.25, -0.2) is 4.98 Å². The van der Waals surface area contributed by atoms with Crippen LogP contribution in [0.3, 0.4) is 0 Å². The van der Waals surface area contributed by atoms with E-state index in [1.807, 2.05) is 6.07 Å². The Morgan fingerprint density at radius 3 is 2.94 bits per heavy atom. The summed E-state index contributed by atoms with van der Waals surface area (Å²) in [5.74, 6) is 1.39. The molecule has 0 radical (unpaired) electrons. The average Bonchev–Trinajstić information content (AvgIpc) is 2.94. The van der Waals surface area contributed by atoms with Crippen molar-refractivity contribution in [3.63, 3.8) is 0 Å². The van der Waals surface area contributed by atoms with E-state index in [1.54, 1.807) is 6.20 Å². The number of rotatable bonds is 2. The van der Waals surface area contributed by atoms with Gasteiger partial charge in [-0.1, -0.05) is 0 Å². The van der Waals surface area contributed by atoms with E-state index in [4.69, 9.17) is 0 Å². The molecule has 18 heavy (non-hydrogen) atoms. The maximum Gasteiger partial charge on any atom is 0.222 e. The minimum Gasteiger partial charge on any atom is -0.355 e. The van der Waals surface area contributed by atoms with Crippen molar-refractivity contribution in [1.29, 1.82) is 0 Å². The van der Waals surface area contributed by atoms with E-state index < -0.39 is 0 Å². The Labute approximate surface area is 104 Å². The second-order valence-corrected chi connectivity index (χ2v) is 4.54. The fraction of sp³-hybridized carbons (Fsp3) is 0.417. The van der Waals surface area contributed by atoms with Gasteiger partial charge in [0.1, 0.15) is 5.82 Å². The number of nitrogens with zero attached hydrogens (tertiary/aromatic N) is 3. The highest BCUT2D eigenvalue weighted by molar-refractivity contribution is 5.94. The van der Waals surface area contributed by atoms with Crippen molar-refractivity contribution in [2.45, 2.75) is 19.8 Å². The second-order valence-electron chi connectivity index (χ2n) is 4.54. The van der Waals surface area contributed by atoms with E-state index in [2.05, 4.69) is 25.4 Å². The zero-order valence-electron chi connectivity index (χ0n) is 10.2. The summed E-state index contributed by atoms with van der Waals surface area (Å²) in [5, 5.41) is 11.0. The number of hydrogen-bond acceptors (Lipinski definition) is 4. The van der Waals surface area contributed by atoms with Crippen molar-refractivity contribution in [3.05, 3.63) is 12.3 Å². The van der Waals surface area contributed by atoms with Crippen LogP contribution in [0, 0.1) is 0 Å². The summed E-state index contributed by atoms with van der Waals surface area (Å²) >= 11 is 0. The van der Waals surface area contributed by atoms with Crippen LogP contribution in [0.25, 0.3) is 10.9 Å². The zero-order valence-corrected chi connectivity index (χ0v) is 10.2. The summed E-state index contributed by atoms with van der Waals surface area (Å²) in [6.45, 7) is 3.56. The summed E-state index contributed by atoms with van der Waals surface area (Å²) < 4.78 is 0. The third-order valence-corrected chi connectivity index (χ3v) is 3.14. The highest BCUT2D eigenvalue weighted by atomic mass is 16.1. The Morgan fingerprint density at radius 2 is 2.22 bits per heavy atom. The first-order valence-electron chi connectivity index (χ1n) is 6.11. The summed E-state index contributed by atoms with van der Waals surface area (Å²) in [7, 11) is 0. The molecule has 6 nitrogen and oxygen atoms in total. The second kappa shape index (κ2) is 4.29. The highest BCUT2D eigenvalue weighted by Gasteiger charge is 2.18. The molecule has 1 aliphatic rings. The number of fused-ring (bicyclic) bond motifs is 1. The van der Waals surface area contributed by atoms with Gasteiger partial charge < -0.3 is 10.2 Å². The predicted octanol–water partition coefficient (Wildman–Crippen LogP) is 1.52. The van der Waals surface area contributed by atoms with Gasteiger partial charge >= 0.3 is 0 Å². The molecule has 2 N–H and O–H groups in total. The smallest absolute Gasteiger partial charge is 0.222 e. The molecule has 2 aromatic heterocycles. The van der Waals surface area contributed by atoms with Crippen molar-refractivity contribution >= 4 is 28.4 Å². The number of pyridine rings is 1. The molecule has 0 aromatic carbocycles. The predicted molar refractivity (Wildman–Crippen MR) is 69.6 cm³/mol. The van der Waals surface area contributed by atoms with Crippen LogP contribution >= 0.6 is 0 Å². The van der Waals surface area contributed by atoms with E-state index in [9.17, 15) is 4.79 Å². The van der Waals surface area contributed by atoms with Gasteiger partial charge in [0.25, 0.3) is 0 Å². The Kier molecular flexibility index (Phi) is 2.62. The fourth-order valence-corrected chi connectivity index (χ4v) is 2.32. The number of carbonyl (C=O) groups excluding carboxylic acids is 1. The van der Waals surface area contributed by atoms with E-state index in [-0.39, 0.29) is 5.91 Å². The number of amides is 1. The topological polar surface area (TPSA) is 73.9 Å². The van der Waals surface area contributed by atoms with E-state index >= 15 is 0 Å². The average molecular weight is 245 g/mol. The molecule has 0 unspecified atom stereocenters. The molecular formula is C12H15N5O. The monoisotopic (exact) mass is 245 g/mol. The molecule has 1 saturated heterocycles. The van der Waals surface area contributed by atoms with Gasteiger partial charge in [-0.3, -0.25) is 9.89 Å². The third-order valence-electron chi connectivity index (χ3n) is 3.14. The summed E-state index contributed by atoms with van der Waals surface area (Å²) in [6, 6.07) is 1.81. The Morgan fingerprint density at radius 1 is 1.44 bits per heavy atom. The van der Waals surface area contributed by atoms with Crippen molar-refractivity contribution in [2.75, 3.05) is 23.3 Å². The van der Waals surface area contributed by atoms with Gasteiger partial charge in [-0.05, 0) is 12.8 Å². The molecule has 0 bridgehead atoms. The summed E-state index contributed by atoms with van der Waals surface area (Å²) in [4.78, 5) is 17.5. The van der Waals surface area contributed by atoms with Crippen LogP contribution in [0.2, 0.25) is 0 Å². The lowest BCUT2D eigenvalue weighted by atomic mass is 10.3. The van der Waals surface area contributed by atoms with Gasteiger partial charge in [-0.15, -0.1) is 0 Å². The lowest BCUT2D eigenvalue weighted by molar-refractivity contribution is -0.114. The molecule has 3 rings (SSSR count). The molecule has 1 aliphatic heterocycles. The first-order valence-corrected chi connectivity index (χ1v) is 6.11. The van der Waals surface area contributed by atoms with Gasteiger partial charge in [-0.2, -0.15) is 5.10 Å². The first-order chi connectivity index (χ1) is 8.74. The zero-order chi connectivity index (χ0) is 12.5. The number of aromatic nitrogens is 3. The molecule has 0 spiro atoms. The molecule has 1 fully saturated rings. The molecule has 1 amide bonds. The van der Waals surface area contributed by atoms with Crippen LogP contribution in [-0.2, 0) is 4.79 Å². The third kappa shape index (κ3) is 1.90. The number of anilines is 2. The Bertz CT molecular complexity index is 585.